The molecule has 2 heterocycles. The number of allylic oxidation sites excluding steroid dienone is 3. The van der Waals surface area contributed by atoms with Crippen LogP contribution in [0.3, 0.4) is 0 Å². The molecule has 0 unspecified atom stereocenters. The lowest BCUT2D eigenvalue weighted by molar-refractivity contribution is -0.290. The van der Waals surface area contributed by atoms with E-state index in [1.54, 1.807) is 27.7 Å². The van der Waals surface area contributed by atoms with Crippen molar-refractivity contribution in [2.45, 2.75) is 95.9 Å². The van der Waals surface area contributed by atoms with Gasteiger partial charge in [-0.1, -0.05) is 12.5 Å². The summed E-state index contributed by atoms with van der Waals surface area (Å²) in [4.78, 5) is 66.5. The highest BCUT2D eigenvalue weighted by atomic mass is 16.6. The monoisotopic (exact) mass is 631 g/mol. The number of rotatable bonds is 7. The number of aliphatic hydroxyl groups excluding tert-OH is 2. The molecule has 246 valence electrons. The van der Waals surface area contributed by atoms with E-state index < -0.39 is 88.3 Å². The van der Waals surface area contributed by atoms with Crippen LogP contribution in [-0.2, 0) is 47.7 Å². The Labute approximate surface area is 260 Å². The summed E-state index contributed by atoms with van der Waals surface area (Å²) in [7, 11) is 1.09. The van der Waals surface area contributed by atoms with E-state index in [1.807, 2.05) is 0 Å². The van der Waals surface area contributed by atoms with E-state index in [0.717, 1.165) is 20.0 Å². The predicted octanol–water partition coefficient (Wildman–Crippen LogP) is 0.630. The molecule has 45 heavy (non-hydrogen) atoms. The Morgan fingerprint density at radius 1 is 1.16 bits per heavy atom. The minimum atomic E-state index is -2.26. The maximum Gasteiger partial charge on any atom is 0.348 e. The number of nitrogens with two attached hydrogens (primary N) is 1. The zero-order valence-electron chi connectivity index (χ0n) is 26.1. The fourth-order valence-electron chi connectivity index (χ4n) is 9.42. The first-order valence-corrected chi connectivity index (χ1v) is 15.5. The minimum Gasteiger partial charge on any atom is -0.467 e. The molecular formula is C32H41NO12. The highest BCUT2D eigenvalue weighted by Crippen LogP contribution is 2.72. The van der Waals surface area contributed by atoms with Crippen molar-refractivity contribution in [3.63, 3.8) is 0 Å². The van der Waals surface area contributed by atoms with E-state index in [2.05, 4.69) is 0 Å². The average molecular weight is 632 g/mol. The lowest BCUT2D eigenvalue weighted by atomic mass is 9.38. The van der Waals surface area contributed by atoms with Gasteiger partial charge >= 0.3 is 23.9 Å². The van der Waals surface area contributed by atoms with E-state index in [0.29, 0.717) is 11.1 Å². The molecule has 6 rings (SSSR count). The summed E-state index contributed by atoms with van der Waals surface area (Å²) in [6, 6.07) is -0.356. The number of methoxy groups -OCH3 is 1. The first kappa shape index (κ1) is 31.8. The molecule has 11 atom stereocenters. The first-order chi connectivity index (χ1) is 21.1. The second-order valence-electron chi connectivity index (χ2n) is 14.2. The van der Waals surface area contributed by atoms with E-state index in [-0.39, 0.29) is 43.6 Å². The third-order valence-corrected chi connectivity index (χ3v) is 11.3. The largest absolute Gasteiger partial charge is 0.467 e. The molecule has 2 bridgehead atoms. The molecule has 4 aliphatic carbocycles. The Bertz CT molecular complexity index is 1410. The number of aliphatic hydroxyl groups is 2. The molecule has 0 aromatic heterocycles. The maximum absolute atomic E-state index is 13.7. The minimum absolute atomic E-state index is 0.0327. The van der Waals surface area contributed by atoms with Gasteiger partial charge in [-0.2, -0.15) is 0 Å². The van der Waals surface area contributed by atoms with Crippen molar-refractivity contribution in [1.82, 2.24) is 0 Å². The van der Waals surface area contributed by atoms with E-state index in [9.17, 15) is 34.2 Å². The van der Waals surface area contributed by atoms with Crippen LogP contribution in [0.25, 0.3) is 0 Å². The van der Waals surface area contributed by atoms with Gasteiger partial charge in [0.1, 0.15) is 12.2 Å². The van der Waals surface area contributed by atoms with Gasteiger partial charge in [-0.15, -0.1) is 0 Å². The highest BCUT2D eigenvalue weighted by Gasteiger charge is 2.85. The fraction of sp³-hybridized carbons (Fsp3) is 0.719. The molecule has 2 aliphatic heterocycles. The van der Waals surface area contributed by atoms with Crippen LogP contribution in [0.15, 0.2) is 23.0 Å². The second-order valence-corrected chi connectivity index (χ2v) is 14.2. The first-order valence-electron chi connectivity index (χ1n) is 15.5. The summed E-state index contributed by atoms with van der Waals surface area (Å²) in [5.41, 5.74) is 2.47. The Balaban J connectivity index is 1.44. The van der Waals surface area contributed by atoms with Gasteiger partial charge in [-0.05, 0) is 62.9 Å². The summed E-state index contributed by atoms with van der Waals surface area (Å²) >= 11 is 0. The Kier molecular flexibility index (Phi) is 7.58. The van der Waals surface area contributed by atoms with Gasteiger partial charge in [0.2, 0.25) is 11.7 Å². The zero-order valence-corrected chi connectivity index (χ0v) is 26.1. The molecule has 4 N–H and O–H groups in total. The molecule has 0 aromatic carbocycles. The van der Waals surface area contributed by atoms with Gasteiger partial charge in [0.15, 0.2) is 11.5 Å². The average Bonchev–Trinajstić information content (AvgIpc) is 3.76. The third-order valence-electron chi connectivity index (χ3n) is 11.3. The number of ketones is 1. The highest BCUT2D eigenvalue weighted by molar-refractivity contribution is 5.98. The molecule has 2 saturated heterocycles. The molecule has 13 nitrogen and oxygen atoms in total. The van der Waals surface area contributed by atoms with Crippen LogP contribution in [0.2, 0.25) is 0 Å². The molecule has 13 heteroatoms. The number of hydrogen-bond acceptors (Lipinski definition) is 13. The zero-order chi connectivity index (χ0) is 32.8. The van der Waals surface area contributed by atoms with Gasteiger partial charge in [0.05, 0.1) is 32.2 Å². The van der Waals surface area contributed by atoms with Crippen LogP contribution in [0.5, 0.6) is 0 Å². The van der Waals surface area contributed by atoms with Gasteiger partial charge in [0.25, 0.3) is 0 Å². The van der Waals surface area contributed by atoms with Gasteiger partial charge in [-0.3, -0.25) is 9.59 Å². The van der Waals surface area contributed by atoms with Crippen molar-refractivity contribution in [3.8, 4) is 0 Å². The standard InChI is InChI=1S/C32H41NO12/c1-13(2)8-20(35)45-24-26-31-12-42-32(26,29(40)41-5)27(38)22(37)25(31)30(4)11-18(34)23(44-21(36)10-17(33)15-6-7-15)14(3)16(30)9-19(31)43-28(24)39/h8,15-17,19,22,24-27,37-38H,6-7,9-12,33H2,1-5H3/t16-,17+,19+,22+,24+,25+,26+,27-,30-,31+,32-/m0/s1. The van der Waals surface area contributed by atoms with E-state index >= 15 is 0 Å². The van der Waals surface area contributed by atoms with Crippen LogP contribution in [0, 0.1) is 34.5 Å². The topological polar surface area (TPSA) is 198 Å². The van der Waals surface area contributed by atoms with Crippen LogP contribution >= 0.6 is 0 Å². The van der Waals surface area contributed by atoms with Crippen LogP contribution < -0.4 is 5.73 Å². The number of carbonyl (C=O) groups is 5. The van der Waals surface area contributed by atoms with Crippen molar-refractivity contribution in [3.05, 3.63) is 23.0 Å². The SMILES string of the molecule is COC(=O)[C@@]12OC[C@]34[C@H]([C@@H](O)[C@@H]1O)[C@@]1(C)CC(=O)C(OC(=O)C[C@@H](N)C5CC5)=C(C)[C@@H]1C[C@H]3OC(=O)[C@H](OC(=O)C=C(C)C)[C@@H]24. The number of hydrogen-bond donors (Lipinski definition) is 3. The summed E-state index contributed by atoms with van der Waals surface area (Å²) in [6.45, 7) is 6.55. The van der Waals surface area contributed by atoms with E-state index in [1.165, 1.54) is 6.08 Å². The van der Waals surface area contributed by atoms with Gasteiger partial charge in [-0.25, -0.2) is 14.4 Å². The van der Waals surface area contributed by atoms with Crippen LogP contribution in [0.4, 0.5) is 0 Å². The Morgan fingerprint density at radius 3 is 2.47 bits per heavy atom. The summed E-state index contributed by atoms with van der Waals surface area (Å²) in [5.74, 6) is -6.56. The quantitative estimate of drug-likeness (QED) is 0.201. The number of ether oxygens (including phenoxy) is 5. The van der Waals surface area contributed by atoms with Crippen molar-refractivity contribution >= 4 is 29.7 Å². The normalized spacial score (nSPS) is 42.1. The molecule has 0 radical (unpaired) electrons. The third kappa shape index (κ3) is 4.44. The van der Waals surface area contributed by atoms with Gasteiger partial charge < -0.3 is 39.6 Å². The van der Waals surface area contributed by atoms with Gasteiger partial charge in [0, 0.05) is 29.9 Å². The molecule has 0 amide bonds. The second kappa shape index (κ2) is 10.7. The van der Waals surface area contributed by atoms with Crippen LogP contribution in [-0.4, -0.2) is 89.6 Å². The number of esters is 4. The molecule has 1 spiro atoms. The smallest absolute Gasteiger partial charge is 0.348 e. The summed E-state index contributed by atoms with van der Waals surface area (Å²) in [6.07, 6.45) is -3.20. The van der Waals surface area contributed by atoms with Crippen molar-refractivity contribution in [2.75, 3.05) is 13.7 Å². The molecule has 5 fully saturated rings. The Hall–Kier alpha value is -3.13. The van der Waals surface area contributed by atoms with E-state index in [4.69, 9.17) is 29.4 Å². The van der Waals surface area contributed by atoms with Crippen molar-refractivity contribution in [1.29, 1.82) is 0 Å². The lowest BCUT2D eigenvalue weighted by Gasteiger charge is -2.67. The number of fused-ring (bicyclic) bond motifs is 2. The summed E-state index contributed by atoms with van der Waals surface area (Å²) < 4.78 is 28.4. The molecular weight excluding hydrogens is 590 g/mol. The number of carbonyl (C=O) groups excluding carboxylic acids is 5. The molecule has 0 aromatic rings. The molecule has 6 aliphatic rings. The van der Waals surface area contributed by atoms with Crippen molar-refractivity contribution < 1.29 is 57.9 Å². The summed E-state index contributed by atoms with van der Waals surface area (Å²) in [5, 5.41) is 23.6. The lowest BCUT2D eigenvalue weighted by Crippen LogP contribution is -2.79. The fourth-order valence-corrected chi connectivity index (χ4v) is 9.42. The Morgan fingerprint density at radius 2 is 1.84 bits per heavy atom. The molecule has 3 saturated carbocycles. The number of Topliss-reactive ketones (excluding diaryl/α,β-unsaturated/α-hetero) is 1. The van der Waals surface area contributed by atoms with Crippen molar-refractivity contribution in [2.24, 2.45) is 40.2 Å². The predicted molar refractivity (Wildman–Crippen MR) is 151 cm³/mol. The maximum atomic E-state index is 13.7. The van der Waals surface area contributed by atoms with Crippen LogP contribution in [0.1, 0.15) is 59.8 Å².